The molecule has 1 aliphatic rings. The van der Waals surface area contributed by atoms with Crippen LogP contribution in [-0.4, -0.2) is 69.1 Å². The highest BCUT2D eigenvalue weighted by Gasteiger charge is 2.29. The van der Waals surface area contributed by atoms with Gasteiger partial charge in [-0.2, -0.15) is 0 Å². The standard InChI is InChI=1S/C26H33N5O5S/c1-5-16-13-18-21(28-24(16)29-25(34)19-7-6-12-37-19)23(36-15(2)3)22(30(18)4)26(35)27-17-8-10-31(11-9-17)20(33)14-32/h6-7,12-13,15,17,32H,5,8-11,14H2,1-4H3,(H,27,35)(H,28,29,34). The van der Waals surface area contributed by atoms with E-state index in [1.165, 1.54) is 11.3 Å². The molecule has 0 atom stereocenters. The van der Waals surface area contributed by atoms with E-state index < -0.39 is 6.61 Å². The first kappa shape index (κ1) is 26.6. The van der Waals surface area contributed by atoms with Crippen molar-refractivity contribution in [3.8, 4) is 5.75 Å². The number of carbonyl (C=O) groups excluding carboxylic acids is 3. The molecule has 0 aromatic carbocycles. The number of aliphatic hydroxyl groups is 1. The largest absolute Gasteiger partial charge is 0.486 e. The number of ether oxygens (including phenoxy) is 1. The van der Waals surface area contributed by atoms with Crippen LogP contribution in [0.4, 0.5) is 5.82 Å². The van der Waals surface area contributed by atoms with E-state index in [-0.39, 0.29) is 29.9 Å². The Labute approximate surface area is 219 Å². The number of nitrogens with one attached hydrogen (secondary N) is 2. The summed E-state index contributed by atoms with van der Waals surface area (Å²) in [6.45, 7) is 6.20. The second-order valence-corrected chi connectivity index (χ2v) is 10.3. The number of anilines is 1. The highest BCUT2D eigenvalue weighted by atomic mass is 32.1. The van der Waals surface area contributed by atoms with Crippen molar-refractivity contribution in [2.24, 2.45) is 7.05 Å². The molecule has 10 nitrogen and oxygen atoms in total. The van der Waals surface area contributed by atoms with Crippen molar-refractivity contribution < 1.29 is 24.2 Å². The summed E-state index contributed by atoms with van der Waals surface area (Å²) >= 11 is 1.35. The fourth-order valence-electron chi connectivity index (χ4n) is 4.53. The van der Waals surface area contributed by atoms with Gasteiger partial charge in [-0.05, 0) is 56.2 Å². The van der Waals surface area contributed by atoms with E-state index in [0.29, 0.717) is 60.0 Å². The number of fused-ring (bicyclic) bond motifs is 1. The van der Waals surface area contributed by atoms with Crippen LogP contribution in [0.15, 0.2) is 23.6 Å². The normalized spacial score (nSPS) is 14.3. The molecular weight excluding hydrogens is 494 g/mol. The third-order valence-electron chi connectivity index (χ3n) is 6.45. The van der Waals surface area contributed by atoms with Crippen LogP contribution in [0.3, 0.4) is 0 Å². The minimum absolute atomic E-state index is 0.111. The quantitative estimate of drug-likeness (QED) is 0.414. The van der Waals surface area contributed by atoms with Gasteiger partial charge in [0, 0.05) is 26.2 Å². The molecular formula is C26H33N5O5S. The number of nitrogens with zero attached hydrogens (tertiary/aromatic N) is 3. The van der Waals surface area contributed by atoms with E-state index in [0.717, 1.165) is 11.1 Å². The summed E-state index contributed by atoms with van der Waals surface area (Å²) in [4.78, 5) is 45.0. The predicted molar refractivity (Wildman–Crippen MR) is 142 cm³/mol. The molecule has 3 amide bonds. The molecule has 3 aromatic heterocycles. The molecule has 0 aliphatic carbocycles. The van der Waals surface area contributed by atoms with Gasteiger partial charge in [0.15, 0.2) is 11.4 Å². The zero-order valence-corrected chi connectivity index (χ0v) is 22.4. The Morgan fingerprint density at radius 1 is 1.24 bits per heavy atom. The molecule has 37 heavy (non-hydrogen) atoms. The third-order valence-corrected chi connectivity index (χ3v) is 7.32. The Bertz CT molecular complexity index is 1290. The smallest absolute Gasteiger partial charge is 0.272 e. The number of piperidine rings is 1. The maximum Gasteiger partial charge on any atom is 0.272 e. The molecule has 1 fully saturated rings. The molecule has 1 aliphatic heterocycles. The minimum Gasteiger partial charge on any atom is -0.486 e. The van der Waals surface area contributed by atoms with Crippen LogP contribution < -0.4 is 15.4 Å². The zero-order chi connectivity index (χ0) is 26.7. The summed E-state index contributed by atoms with van der Waals surface area (Å²) in [6, 6.07) is 5.41. The van der Waals surface area contributed by atoms with Crippen LogP contribution in [0.2, 0.25) is 0 Å². The van der Waals surface area contributed by atoms with E-state index in [4.69, 9.17) is 14.8 Å². The van der Waals surface area contributed by atoms with Crippen LogP contribution in [-0.2, 0) is 18.3 Å². The van der Waals surface area contributed by atoms with Crippen molar-refractivity contribution in [3.05, 3.63) is 39.7 Å². The molecule has 1 saturated heterocycles. The van der Waals surface area contributed by atoms with Crippen LogP contribution in [0.1, 0.15) is 59.3 Å². The van der Waals surface area contributed by atoms with Gasteiger partial charge in [0.1, 0.15) is 17.9 Å². The van der Waals surface area contributed by atoms with Gasteiger partial charge in [-0.1, -0.05) is 13.0 Å². The molecule has 0 saturated carbocycles. The number of rotatable bonds is 8. The average molecular weight is 528 g/mol. The second-order valence-electron chi connectivity index (χ2n) is 9.34. The number of carbonyl (C=O) groups is 3. The molecule has 3 N–H and O–H groups in total. The number of aliphatic hydroxyl groups excluding tert-OH is 1. The monoisotopic (exact) mass is 527 g/mol. The Morgan fingerprint density at radius 3 is 2.57 bits per heavy atom. The summed E-state index contributed by atoms with van der Waals surface area (Å²) in [5, 5.41) is 16.9. The van der Waals surface area contributed by atoms with Crippen molar-refractivity contribution in [2.75, 3.05) is 25.0 Å². The van der Waals surface area contributed by atoms with Crippen LogP contribution in [0, 0.1) is 0 Å². The van der Waals surface area contributed by atoms with Gasteiger partial charge in [0.25, 0.3) is 11.8 Å². The van der Waals surface area contributed by atoms with E-state index in [2.05, 4.69) is 10.6 Å². The fraction of sp³-hybridized carbons (Fsp3) is 0.462. The maximum atomic E-state index is 13.5. The molecule has 3 aromatic rings. The number of thiophene rings is 1. The molecule has 198 valence electrons. The lowest BCUT2D eigenvalue weighted by molar-refractivity contribution is -0.135. The van der Waals surface area contributed by atoms with Gasteiger partial charge in [0.05, 0.1) is 16.5 Å². The van der Waals surface area contributed by atoms with Crippen LogP contribution >= 0.6 is 11.3 Å². The lowest BCUT2D eigenvalue weighted by atomic mass is 10.0. The van der Waals surface area contributed by atoms with Gasteiger partial charge < -0.3 is 29.9 Å². The summed E-state index contributed by atoms with van der Waals surface area (Å²) in [6.07, 6.45) is 1.63. The van der Waals surface area contributed by atoms with Crippen molar-refractivity contribution in [1.29, 1.82) is 0 Å². The summed E-state index contributed by atoms with van der Waals surface area (Å²) < 4.78 is 7.90. The Hall–Kier alpha value is -3.44. The molecule has 11 heteroatoms. The molecule has 0 bridgehead atoms. The minimum atomic E-state index is -0.509. The van der Waals surface area contributed by atoms with E-state index >= 15 is 0 Å². The molecule has 0 unspecified atom stereocenters. The maximum absolute atomic E-state index is 13.5. The first-order valence-corrected chi connectivity index (χ1v) is 13.3. The lowest BCUT2D eigenvalue weighted by Gasteiger charge is -2.32. The lowest BCUT2D eigenvalue weighted by Crippen LogP contribution is -2.47. The number of aryl methyl sites for hydroxylation is 2. The van der Waals surface area contributed by atoms with Gasteiger partial charge >= 0.3 is 0 Å². The summed E-state index contributed by atoms with van der Waals surface area (Å²) in [5.41, 5.74) is 2.44. The van der Waals surface area contributed by atoms with Crippen molar-refractivity contribution in [3.63, 3.8) is 0 Å². The van der Waals surface area contributed by atoms with Gasteiger partial charge in [0.2, 0.25) is 5.91 Å². The number of aromatic nitrogens is 2. The van der Waals surface area contributed by atoms with E-state index in [1.807, 2.05) is 38.3 Å². The van der Waals surface area contributed by atoms with E-state index in [9.17, 15) is 14.4 Å². The fourth-order valence-corrected chi connectivity index (χ4v) is 5.15. The SMILES string of the molecule is CCc1cc2c(nc1NC(=O)c1cccs1)c(OC(C)C)c(C(=O)NC1CCN(C(=O)CO)CC1)n2C. The number of hydrogen-bond acceptors (Lipinski definition) is 7. The molecule has 4 heterocycles. The first-order chi connectivity index (χ1) is 17.7. The van der Waals surface area contributed by atoms with Gasteiger partial charge in [-0.15, -0.1) is 11.3 Å². The molecule has 0 spiro atoms. The highest BCUT2D eigenvalue weighted by molar-refractivity contribution is 7.12. The summed E-state index contributed by atoms with van der Waals surface area (Å²) in [5.74, 6) is -0.00776. The Kier molecular flexibility index (Phi) is 8.13. The number of likely N-dealkylation sites (tertiary alicyclic amines) is 1. The van der Waals surface area contributed by atoms with Crippen molar-refractivity contribution in [2.45, 2.75) is 52.2 Å². The first-order valence-electron chi connectivity index (χ1n) is 12.5. The van der Waals surface area contributed by atoms with Crippen molar-refractivity contribution >= 4 is 45.9 Å². The molecule has 0 radical (unpaired) electrons. The molecule has 4 rings (SSSR count). The van der Waals surface area contributed by atoms with Crippen LogP contribution in [0.5, 0.6) is 5.75 Å². The van der Waals surface area contributed by atoms with Crippen LogP contribution in [0.25, 0.3) is 11.0 Å². The van der Waals surface area contributed by atoms with E-state index in [1.54, 1.807) is 22.6 Å². The van der Waals surface area contributed by atoms with Gasteiger partial charge in [-0.3, -0.25) is 14.4 Å². The highest BCUT2D eigenvalue weighted by Crippen LogP contribution is 2.35. The topological polar surface area (TPSA) is 126 Å². The third kappa shape index (κ3) is 5.62. The summed E-state index contributed by atoms with van der Waals surface area (Å²) in [7, 11) is 1.80. The van der Waals surface area contributed by atoms with Crippen molar-refractivity contribution in [1.82, 2.24) is 19.8 Å². The average Bonchev–Trinajstić information content (AvgIpc) is 3.50. The Morgan fingerprint density at radius 2 is 1.97 bits per heavy atom. The number of amides is 3. The van der Waals surface area contributed by atoms with Gasteiger partial charge in [-0.25, -0.2) is 4.98 Å². The predicted octanol–water partition coefficient (Wildman–Crippen LogP) is 2.95. The second kappa shape index (κ2) is 11.3. The Balaban J connectivity index is 1.66. The number of hydrogen-bond donors (Lipinski definition) is 3. The number of pyridine rings is 1. The zero-order valence-electron chi connectivity index (χ0n) is 21.5.